The summed E-state index contributed by atoms with van der Waals surface area (Å²) >= 11 is 0. The average molecular weight is 376 g/mol. The highest BCUT2D eigenvalue weighted by Crippen LogP contribution is 2.32. The highest BCUT2D eigenvalue weighted by atomic mass is 19.1. The Balaban J connectivity index is 1.52. The van der Waals surface area contributed by atoms with Crippen molar-refractivity contribution < 1.29 is 13.7 Å². The summed E-state index contributed by atoms with van der Waals surface area (Å²) in [4.78, 5) is 12.2. The van der Waals surface area contributed by atoms with Crippen LogP contribution in [0.3, 0.4) is 0 Å². The summed E-state index contributed by atoms with van der Waals surface area (Å²) in [7, 11) is 0. The number of aryl methyl sites for hydroxylation is 1. The molecule has 1 aromatic heterocycles. The maximum Gasteiger partial charge on any atom is 0.323 e. The minimum Gasteiger partial charge on any atom is -0.367 e. The molecule has 4 N–H and O–H groups in total. The number of carbonyl (C=O) groups excluding carboxylic acids is 1. The van der Waals surface area contributed by atoms with Crippen molar-refractivity contribution in [1.29, 1.82) is 0 Å². The third-order valence-electron chi connectivity index (χ3n) is 4.36. The lowest BCUT2D eigenvalue weighted by molar-refractivity contribution is 0.262. The molecular formula is C21H17FN4O2. The summed E-state index contributed by atoms with van der Waals surface area (Å²) in [6.45, 7) is 1.82. The van der Waals surface area contributed by atoms with Crippen LogP contribution in [0.4, 0.5) is 26.4 Å². The van der Waals surface area contributed by atoms with Crippen molar-refractivity contribution in [3.05, 3.63) is 72.0 Å². The van der Waals surface area contributed by atoms with Crippen molar-refractivity contribution in [1.82, 2.24) is 5.16 Å². The molecule has 4 rings (SSSR count). The number of hydrogen-bond donors (Lipinski definition) is 3. The van der Waals surface area contributed by atoms with Gasteiger partial charge in [-0.25, -0.2) is 9.18 Å². The molecule has 2 amide bonds. The highest BCUT2D eigenvalue weighted by molar-refractivity contribution is 6.02. The zero-order valence-electron chi connectivity index (χ0n) is 15.0. The van der Waals surface area contributed by atoms with E-state index in [-0.39, 0.29) is 11.6 Å². The number of carbonyl (C=O) groups is 1. The van der Waals surface area contributed by atoms with Gasteiger partial charge in [0.25, 0.3) is 0 Å². The average Bonchev–Trinajstić information content (AvgIpc) is 3.07. The van der Waals surface area contributed by atoms with Crippen LogP contribution in [0.15, 0.2) is 65.2 Å². The molecular weight excluding hydrogens is 359 g/mol. The predicted octanol–water partition coefficient (Wildman–Crippen LogP) is 5.17. The normalized spacial score (nSPS) is 10.8. The lowest BCUT2D eigenvalue weighted by Crippen LogP contribution is -2.20. The number of hydrogen-bond acceptors (Lipinski definition) is 4. The van der Waals surface area contributed by atoms with Gasteiger partial charge in [0.15, 0.2) is 0 Å². The van der Waals surface area contributed by atoms with Gasteiger partial charge in [-0.3, -0.25) is 0 Å². The lowest BCUT2D eigenvalue weighted by Gasteiger charge is -2.10. The Hall–Kier alpha value is -3.87. The van der Waals surface area contributed by atoms with Crippen molar-refractivity contribution in [2.45, 2.75) is 6.92 Å². The maximum absolute atomic E-state index is 13.8. The first-order valence-corrected chi connectivity index (χ1v) is 8.60. The monoisotopic (exact) mass is 376 g/mol. The second kappa shape index (κ2) is 7.03. The van der Waals surface area contributed by atoms with Crippen molar-refractivity contribution in [3.63, 3.8) is 0 Å². The smallest absolute Gasteiger partial charge is 0.323 e. The van der Waals surface area contributed by atoms with Gasteiger partial charge in [0, 0.05) is 5.69 Å². The minimum atomic E-state index is -0.525. The molecule has 4 aromatic rings. The summed E-state index contributed by atoms with van der Waals surface area (Å²) in [5.41, 5.74) is 9.89. The minimum absolute atomic E-state index is 0.128. The molecule has 0 aliphatic heterocycles. The Morgan fingerprint density at radius 2 is 1.86 bits per heavy atom. The summed E-state index contributed by atoms with van der Waals surface area (Å²) < 4.78 is 18.8. The van der Waals surface area contributed by atoms with E-state index in [1.165, 1.54) is 6.07 Å². The fraction of sp³-hybridized carbons (Fsp3) is 0.0476. The number of anilines is 3. The van der Waals surface area contributed by atoms with Crippen LogP contribution in [0.2, 0.25) is 0 Å². The van der Waals surface area contributed by atoms with E-state index < -0.39 is 11.8 Å². The highest BCUT2D eigenvalue weighted by Gasteiger charge is 2.12. The quantitative estimate of drug-likeness (QED) is 0.460. The van der Waals surface area contributed by atoms with E-state index in [1.54, 1.807) is 24.3 Å². The van der Waals surface area contributed by atoms with Crippen LogP contribution >= 0.6 is 0 Å². The van der Waals surface area contributed by atoms with Gasteiger partial charge in [-0.2, -0.15) is 0 Å². The van der Waals surface area contributed by atoms with Crippen LogP contribution in [0.5, 0.6) is 0 Å². The molecule has 0 spiro atoms. The molecule has 3 aromatic carbocycles. The number of rotatable bonds is 3. The molecule has 6 nitrogen and oxygen atoms in total. The Labute approximate surface area is 160 Å². The molecule has 0 radical (unpaired) electrons. The molecule has 0 unspecified atom stereocenters. The Kier molecular flexibility index (Phi) is 4.41. The standard InChI is InChI=1S/C21H17FN4O2/c1-12-5-10-16(22)18(11-12)25-21(27)24-14-8-6-13(7-9-14)15-3-2-4-17-19(15)20(23)28-26-17/h2-11H,23H2,1H3,(H2,24,25,27). The third kappa shape index (κ3) is 3.37. The van der Waals surface area contributed by atoms with Gasteiger partial charge in [-0.15, -0.1) is 0 Å². The van der Waals surface area contributed by atoms with Gasteiger partial charge in [-0.05, 0) is 53.9 Å². The Morgan fingerprint density at radius 3 is 2.64 bits per heavy atom. The maximum atomic E-state index is 13.8. The molecule has 0 aliphatic carbocycles. The summed E-state index contributed by atoms with van der Waals surface area (Å²) in [5, 5.41) is 9.86. The van der Waals surface area contributed by atoms with Crippen LogP contribution < -0.4 is 16.4 Å². The van der Waals surface area contributed by atoms with E-state index >= 15 is 0 Å². The van der Waals surface area contributed by atoms with Crippen LogP contribution in [0.25, 0.3) is 22.0 Å². The SMILES string of the molecule is Cc1ccc(F)c(NC(=O)Nc2ccc(-c3cccc4noc(N)c34)cc2)c1. The number of amides is 2. The van der Waals surface area contributed by atoms with Gasteiger partial charge in [0.2, 0.25) is 5.88 Å². The molecule has 0 atom stereocenters. The number of aromatic nitrogens is 1. The van der Waals surface area contributed by atoms with Crippen molar-refractivity contribution in [2.24, 2.45) is 0 Å². The first kappa shape index (κ1) is 17.5. The fourth-order valence-electron chi connectivity index (χ4n) is 3.01. The van der Waals surface area contributed by atoms with Gasteiger partial charge < -0.3 is 20.9 Å². The Bertz CT molecular complexity index is 1170. The molecule has 7 heteroatoms. The van der Waals surface area contributed by atoms with Crippen molar-refractivity contribution in [3.8, 4) is 11.1 Å². The number of urea groups is 1. The summed E-state index contributed by atoms with van der Waals surface area (Å²) in [6, 6.07) is 16.8. The number of nitrogen functional groups attached to an aromatic ring is 1. The number of fused-ring (bicyclic) bond motifs is 1. The number of halogens is 1. The van der Waals surface area contributed by atoms with Gasteiger partial charge in [0.05, 0.1) is 11.1 Å². The number of benzene rings is 3. The number of nitrogens with one attached hydrogen (secondary N) is 2. The summed E-state index contributed by atoms with van der Waals surface area (Å²) in [5.74, 6) is -0.233. The molecule has 0 aliphatic rings. The van der Waals surface area contributed by atoms with Crippen LogP contribution in [0, 0.1) is 12.7 Å². The van der Waals surface area contributed by atoms with Crippen LogP contribution in [-0.2, 0) is 0 Å². The fourth-order valence-corrected chi connectivity index (χ4v) is 3.01. The molecule has 0 saturated carbocycles. The van der Waals surface area contributed by atoms with Gasteiger partial charge in [0.1, 0.15) is 11.3 Å². The number of nitrogens with zero attached hydrogens (tertiary/aromatic N) is 1. The predicted molar refractivity (Wildman–Crippen MR) is 108 cm³/mol. The second-order valence-corrected chi connectivity index (χ2v) is 6.39. The molecule has 0 bridgehead atoms. The van der Waals surface area contributed by atoms with Crippen LogP contribution in [-0.4, -0.2) is 11.2 Å². The lowest BCUT2D eigenvalue weighted by atomic mass is 10.0. The zero-order valence-corrected chi connectivity index (χ0v) is 15.0. The zero-order chi connectivity index (χ0) is 19.7. The first-order chi connectivity index (χ1) is 13.5. The second-order valence-electron chi connectivity index (χ2n) is 6.39. The van der Waals surface area contributed by atoms with E-state index in [0.717, 1.165) is 22.1 Å². The molecule has 0 saturated heterocycles. The largest absolute Gasteiger partial charge is 0.367 e. The molecule has 140 valence electrons. The van der Waals surface area contributed by atoms with Gasteiger partial charge >= 0.3 is 6.03 Å². The van der Waals surface area contributed by atoms with E-state index in [9.17, 15) is 9.18 Å². The molecule has 0 fully saturated rings. The van der Waals surface area contributed by atoms with E-state index in [1.807, 2.05) is 37.3 Å². The van der Waals surface area contributed by atoms with Crippen molar-refractivity contribution >= 4 is 34.2 Å². The van der Waals surface area contributed by atoms with E-state index in [4.69, 9.17) is 10.3 Å². The third-order valence-corrected chi connectivity index (χ3v) is 4.36. The molecule has 1 heterocycles. The topological polar surface area (TPSA) is 93.2 Å². The van der Waals surface area contributed by atoms with Crippen molar-refractivity contribution in [2.75, 3.05) is 16.4 Å². The van der Waals surface area contributed by atoms with Crippen LogP contribution in [0.1, 0.15) is 5.56 Å². The molecule has 28 heavy (non-hydrogen) atoms. The first-order valence-electron chi connectivity index (χ1n) is 8.60. The number of nitrogens with two attached hydrogens (primary N) is 1. The van der Waals surface area contributed by atoms with E-state index in [0.29, 0.717) is 11.2 Å². The Morgan fingerprint density at radius 1 is 1.07 bits per heavy atom. The van der Waals surface area contributed by atoms with E-state index in [2.05, 4.69) is 15.8 Å². The van der Waals surface area contributed by atoms with Gasteiger partial charge in [-0.1, -0.05) is 35.5 Å². The summed E-state index contributed by atoms with van der Waals surface area (Å²) in [6.07, 6.45) is 0.